The van der Waals surface area contributed by atoms with Gasteiger partial charge < -0.3 is 20.5 Å². The second-order valence-corrected chi connectivity index (χ2v) is 4.41. The summed E-state index contributed by atoms with van der Waals surface area (Å²) in [5.74, 6) is -1.08. The van der Waals surface area contributed by atoms with Crippen molar-refractivity contribution in [2.24, 2.45) is 5.41 Å². The number of rotatable bonds is 6. The topological polar surface area (TPSA) is 87.7 Å². The van der Waals surface area contributed by atoms with Crippen molar-refractivity contribution in [1.29, 1.82) is 0 Å². The zero-order valence-electron chi connectivity index (χ0n) is 10.6. The summed E-state index contributed by atoms with van der Waals surface area (Å²) in [5.41, 5.74) is -0.489. The maximum absolute atomic E-state index is 12.2. The molecule has 0 aromatic carbocycles. The van der Waals surface area contributed by atoms with Crippen LogP contribution in [-0.4, -0.2) is 50.3 Å². The van der Waals surface area contributed by atoms with Gasteiger partial charge in [0.05, 0.1) is 12.0 Å². The van der Waals surface area contributed by atoms with E-state index >= 15 is 0 Å². The number of nitrogens with one attached hydrogen (secondary N) is 2. The highest BCUT2D eigenvalue weighted by molar-refractivity contribution is 5.83. The smallest absolute Gasteiger partial charge is 0.328 e. The molecule has 0 aromatic rings. The molecule has 1 amide bonds. The van der Waals surface area contributed by atoms with Gasteiger partial charge in [-0.2, -0.15) is 0 Å². The summed E-state index contributed by atoms with van der Waals surface area (Å²) >= 11 is 0. The summed E-state index contributed by atoms with van der Waals surface area (Å²) in [7, 11) is 1.58. The van der Waals surface area contributed by atoms with E-state index in [2.05, 4.69) is 10.6 Å². The van der Waals surface area contributed by atoms with Crippen LogP contribution in [0.25, 0.3) is 0 Å². The molecule has 1 heterocycles. The molecule has 1 saturated heterocycles. The molecule has 0 unspecified atom stereocenters. The summed E-state index contributed by atoms with van der Waals surface area (Å²) < 4.78 is 5.15. The molecule has 1 rings (SSSR count). The van der Waals surface area contributed by atoms with Crippen LogP contribution in [-0.2, 0) is 14.3 Å². The molecule has 1 fully saturated rings. The Morgan fingerprint density at radius 1 is 1.44 bits per heavy atom. The lowest BCUT2D eigenvalue weighted by molar-refractivity contribution is -0.136. The third kappa shape index (κ3) is 4.12. The maximum atomic E-state index is 12.2. The van der Waals surface area contributed by atoms with Gasteiger partial charge in [0.15, 0.2) is 0 Å². The highest BCUT2D eigenvalue weighted by atomic mass is 16.5. The van der Waals surface area contributed by atoms with Crippen LogP contribution in [0.4, 0.5) is 0 Å². The minimum Gasteiger partial charge on any atom is -0.478 e. The molecule has 102 valence electrons. The average Bonchev–Trinajstić information content (AvgIpc) is 2.35. The van der Waals surface area contributed by atoms with Gasteiger partial charge in [-0.05, 0) is 25.9 Å². The van der Waals surface area contributed by atoms with E-state index in [1.165, 1.54) is 6.08 Å². The Balaban J connectivity index is 2.51. The number of ether oxygens (including phenoxy) is 1. The SMILES string of the molecule is COCC1(C(=O)NC/C=C/C(=O)O)CCNCC1. The first-order chi connectivity index (χ1) is 8.60. The monoisotopic (exact) mass is 256 g/mol. The number of carbonyl (C=O) groups excluding carboxylic acids is 1. The number of carboxylic acid groups (broad SMARTS) is 1. The lowest BCUT2D eigenvalue weighted by atomic mass is 9.78. The minimum atomic E-state index is -1.02. The molecule has 0 radical (unpaired) electrons. The fourth-order valence-electron chi connectivity index (χ4n) is 2.12. The fraction of sp³-hybridized carbons (Fsp3) is 0.667. The van der Waals surface area contributed by atoms with Crippen LogP contribution in [0.2, 0.25) is 0 Å². The molecule has 18 heavy (non-hydrogen) atoms. The number of hydrogen-bond donors (Lipinski definition) is 3. The number of carboxylic acids is 1. The third-order valence-electron chi connectivity index (χ3n) is 3.10. The molecule has 6 nitrogen and oxygen atoms in total. The van der Waals surface area contributed by atoms with Gasteiger partial charge in [-0.1, -0.05) is 6.08 Å². The van der Waals surface area contributed by atoms with Crippen LogP contribution in [0.3, 0.4) is 0 Å². The molecule has 1 aliphatic rings. The Morgan fingerprint density at radius 3 is 2.67 bits per heavy atom. The standard InChI is InChI=1S/C12H20N2O4/c1-18-9-12(4-7-13-8-5-12)11(17)14-6-2-3-10(15)16/h2-3,13H,4-9H2,1H3,(H,14,17)(H,15,16)/b3-2+. The predicted octanol–water partition coefficient (Wildman–Crippen LogP) is -0.240. The van der Waals surface area contributed by atoms with Crippen molar-refractivity contribution in [3.05, 3.63) is 12.2 Å². The lowest BCUT2D eigenvalue weighted by Crippen LogP contribution is -2.50. The number of piperidine rings is 1. The number of amides is 1. The van der Waals surface area contributed by atoms with Crippen molar-refractivity contribution in [2.75, 3.05) is 33.4 Å². The molecule has 0 bridgehead atoms. The highest BCUT2D eigenvalue weighted by Crippen LogP contribution is 2.29. The van der Waals surface area contributed by atoms with Crippen molar-refractivity contribution >= 4 is 11.9 Å². The first-order valence-corrected chi connectivity index (χ1v) is 5.98. The molecule has 0 saturated carbocycles. The van der Waals surface area contributed by atoms with Gasteiger partial charge in [-0.3, -0.25) is 4.79 Å². The van der Waals surface area contributed by atoms with Crippen molar-refractivity contribution in [3.8, 4) is 0 Å². The highest BCUT2D eigenvalue weighted by Gasteiger charge is 2.39. The molecule has 1 aliphatic heterocycles. The van der Waals surface area contributed by atoms with Crippen LogP contribution >= 0.6 is 0 Å². The van der Waals surface area contributed by atoms with Crippen LogP contribution in [0.1, 0.15) is 12.8 Å². The molecule has 6 heteroatoms. The first-order valence-electron chi connectivity index (χ1n) is 5.98. The summed E-state index contributed by atoms with van der Waals surface area (Å²) in [5, 5.41) is 14.4. The van der Waals surface area contributed by atoms with E-state index in [0.717, 1.165) is 32.0 Å². The first kappa shape index (κ1) is 14.7. The van der Waals surface area contributed by atoms with Gasteiger partial charge in [-0.25, -0.2) is 4.79 Å². The van der Waals surface area contributed by atoms with Gasteiger partial charge in [0, 0.05) is 19.7 Å². The van der Waals surface area contributed by atoms with E-state index in [1.807, 2.05) is 0 Å². The van der Waals surface area contributed by atoms with E-state index in [1.54, 1.807) is 7.11 Å². The predicted molar refractivity (Wildman–Crippen MR) is 66.2 cm³/mol. The Morgan fingerprint density at radius 2 is 2.11 bits per heavy atom. The fourth-order valence-corrected chi connectivity index (χ4v) is 2.12. The van der Waals surface area contributed by atoms with E-state index in [4.69, 9.17) is 9.84 Å². The van der Waals surface area contributed by atoms with Crippen molar-refractivity contribution in [2.45, 2.75) is 12.8 Å². The second kappa shape index (κ2) is 7.13. The van der Waals surface area contributed by atoms with E-state index in [0.29, 0.717) is 6.61 Å². The summed E-state index contributed by atoms with van der Waals surface area (Å²) in [6, 6.07) is 0. The zero-order chi connectivity index (χ0) is 13.4. The maximum Gasteiger partial charge on any atom is 0.328 e. The largest absolute Gasteiger partial charge is 0.478 e. The van der Waals surface area contributed by atoms with Crippen LogP contribution < -0.4 is 10.6 Å². The molecule has 0 spiro atoms. The summed E-state index contributed by atoms with van der Waals surface area (Å²) in [6.07, 6.45) is 3.90. The molecular formula is C12H20N2O4. The number of carbonyl (C=O) groups is 2. The Labute approximate surface area is 106 Å². The minimum absolute atomic E-state index is 0.0686. The summed E-state index contributed by atoms with van der Waals surface area (Å²) in [4.78, 5) is 22.4. The van der Waals surface area contributed by atoms with Gasteiger partial charge in [0.1, 0.15) is 0 Å². The molecular weight excluding hydrogens is 236 g/mol. The van der Waals surface area contributed by atoms with E-state index in [-0.39, 0.29) is 12.5 Å². The van der Waals surface area contributed by atoms with Crippen LogP contribution in [0, 0.1) is 5.41 Å². The number of hydrogen-bond acceptors (Lipinski definition) is 4. The van der Waals surface area contributed by atoms with Gasteiger partial charge >= 0.3 is 5.97 Å². The molecule has 0 aromatic heterocycles. The van der Waals surface area contributed by atoms with E-state index in [9.17, 15) is 9.59 Å². The molecule has 0 atom stereocenters. The van der Waals surface area contributed by atoms with Gasteiger partial charge in [-0.15, -0.1) is 0 Å². The number of aliphatic carboxylic acids is 1. The van der Waals surface area contributed by atoms with E-state index < -0.39 is 11.4 Å². The summed E-state index contributed by atoms with van der Waals surface area (Å²) in [6.45, 7) is 2.21. The van der Waals surface area contributed by atoms with Crippen LogP contribution in [0.15, 0.2) is 12.2 Å². The Kier molecular flexibility index (Phi) is 5.80. The molecule has 3 N–H and O–H groups in total. The molecule has 0 aliphatic carbocycles. The van der Waals surface area contributed by atoms with Crippen molar-refractivity contribution in [3.63, 3.8) is 0 Å². The lowest BCUT2D eigenvalue weighted by Gasteiger charge is -2.35. The number of methoxy groups -OCH3 is 1. The quantitative estimate of drug-likeness (QED) is 0.571. The normalized spacial score (nSPS) is 18.7. The van der Waals surface area contributed by atoms with Crippen molar-refractivity contribution < 1.29 is 19.4 Å². The van der Waals surface area contributed by atoms with Gasteiger partial charge in [0.2, 0.25) is 5.91 Å². The average molecular weight is 256 g/mol. The second-order valence-electron chi connectivity index (χ2n) is 4.41. The van der Waals surface area contributed by atoms with Crippen LogP contribution in [0.5, 0.6) is 0 Å². The Hall–Kier alpha value is -1.40. The third-order valence-corrected chi connectivity index (χ3v) is 3.10. The van der Waals surface area contributed by atoms with Crippen molar-refractivity contribution in [1.82, 2.24) is 10.6 Å². The Bertz CT molecular complexity index is 317. The van der Waals surface area contributed by atoms with Gasteiger partial charge in [0.25, 0.3) is 0 Å². The zero-order valence-corrected chi connectivity index (χ0v) is 10.6.